The molecule has 4 nitrogen and oxygen atoms in total. The van der Waals surface area contributed by atoms with Crippen LogP contribution in [0.1, 0.15) is 17.2 Å². The first-order chi connectivity index (χ1) is 12.0. The Morgan fingerprint density at radius 3 is 2.40 bits per heavy atom. The summed E-state index contributed by atoms with van der Waals surface area (Å²) in [5.74, 6) is 0.567. The van der Waals surface area contributed by atoms with Crippen molar-refractivity contribution in [3.8, 4) is 0 Å². The van der Waals surface area contributed by atoms with Gasteiger partial charge in [0.15, 0.2) is 5.96 Å². The van der Waals surface area contributed by atoms with E-state index >= 15 is 0 Å². The van der Waals surface area contributed by atoms with E-state index in [4.69, 9.17) is 0 Å². The number of halogens is 1. The highest BCUT2D eigenvalue weighted by molar-refractivity contribution is 5.79. The summed E-state index contributed by atoms with van der Waals surface area (Å²) in [5.41, 5.74) is 2.17. The predicted octanol–water partition coefficient (Wildman–Crippen LogP) is 3.14. The molecule has 0 aromatic heterocycles. The van der Waals surface area contributed by atoms with Crippen LogP contribution in [0.25, 0.3) is 0 Å². The molecule has 0 fully saturated rings. The predicted molar refractivity (Wildman–Crippen MR) is 102 cm³/mol. The maximum absolute atomic E-state index is 13.4. The third-order valence-corrected chi connectivity index (χ3v) is 4.14. The first-order valence-electron chi connectivity index (χ1n) is 8.39. The lowest BCUT2D eigenvalue weighted by Gasteiger charge is -2.28. The highest BCUT2D eigenvalue weighted by atomic mass is 19.1. The molecule has 25 heavy (non-hydrogen) atoms. The van der Waals surface area contributed by atoms with E-state index in [2.05, 4.69) is 53.6 Å². The van der Waals surface area contributed by atoms with E-state index in [1.54, 1.807) is 19.2 Å². The number of hydrogen-bond donors (Lipinski definition) is 1. The van der Waals surface area contributed by atoms with Crippen LogP contribution in [-0.2, 0) is 6.54 Å². The van der Waals surface area contributed by atoms with Gasteiger partial charge in [0.2, 0.25) is 0 Å². The molecule has 0 bridgehead atoms. The molecule has 1 unspecified atom stereocenters. The zero-order valence-electron chi connectivity index (χ0n) is 15.4. The molecule has 0 saturated carbocycles. The van der Waals surface area contributed by atoms with Gasteiger partial charge in [-0.15, -0.1) is 0 Å². The monoisotopic (exact) mass is 342 g/mol. The van der Waals surface area contributed by atoms with Crippen LogP contribution in [0.3, 0.4) is 0 Å². The second kappa shape index (κ2) is 9.18. The lowest BCUT2D eigenvalue weighted by molar-refractivity contribution is 0.295. The Morgan fingerprint density at radius 2 is 1.80 bits per heavy atom. The van der Waals surface area contributed by atoms with Gasteiger partial charge in [-0.3, -0.25) is 4.99 Å². The van der Waals surface area contributed by atoms with E-state index in [0.717, 1.165) is 18.1 Å². The van der Waals surface area contributed by atoms with Crippen molar-refractivity contribution in [1.82, 2.24) is 15.1 Å². The van der Waals surface area contributed by atoms with E-state index in [1.807, 2.05) is 24.1 Å². The van der Waals surface area contributed by atoms with Gasteiger partial charge in [-0.25, -0.2) is 4.39 Å². The summed E-state index contributed by atoms with van der Waals surface area (Å²) in [6.45, 7) is 1.33. The van der Waals surface area contributed by atoms with Crippen molar-refractivity contribution in [2.45, 2.75) is 12.6 Å². The van der Waals surface area contributed by atoms with E-state index in [-0.39, 0.29) is 11.9 Å². The normalized spacial score (nSPS) is 13.0. The Hall–Kier alpha value is -2.40. The van der Waals surface area contributed by atoms with Crippen molar-refractivity contribution in [3.05, 3.63) is 71.5 Å². The molecule has 0 radical (unpaired) electrons. The van der Waals surface area contributed by atoms with Crippen molar-refractivity contribution in [2.24, 2.45) is 4.99 Å². The largest absolute Gasteiger partial charge is 0.354 e. The molecular weight excluding hydrogens is 315 g/mol. The molecule has 2 aromatic rings. The Morgan fingerprint density at radius 1 is 1.08 bits per heavy atom. The number of nitrogens with zero attached hydrogens (tertiary/aromatic N) is 3. The molecule has 0 amide bonds. The molecule has 0 aliphatic rings. The number of benzene rings is 2. The smallest absolute Gasteiger partial charge is 0.193 e. The average molecular weight is 342 g/mol. The van der Waals surface area contributed by atoms with Crippen LogP contribution in [0.4, 0.5) is 4.39 Å². The summed E-state index contributed by atoms with van der Waals surface area (Å²) in [4.78, 5) is 8.53. The van der Waals surface area contributed by atoms with Crippen LogP contribution in [-0.4, -0.2) is 50.5 Å². The summed E-state index contributed by atoms with van der Waals surface area (Å²) < 4.78 is 13.4. The van der Waals surface area contributed by atoms with Gasteiger partial charge in [-0.2, -0.15) is 0 Å². The van der Waals surface area contributed by atoms with Gasteiger partial charge in [0.1, 0.15) is 5.82 Å². The summed E-state index contributed by atoms with van der Waals surface area (Å²) in [5, 5.41) is 3.42. The van der Waals surface area contributed by atoms with Gasteiger partial charge in [0.05, 0.1) is 6.04 Å². The molecule has 0 aliphatic heterocycles. The number of hydrogen-bond acceptors (Lipinski definition) is 2. The third kappa shape index (κ3) is 5.57. The van der Waals surface area contributed by atoms with Crippen molar-refractivity contribution >= 4 is 5.96 Å². The number of aliphatic imine (C=N–C) groups is 1. The van der Waals surface area contributed by atoms with Crippen molar-refractivity contribution < 1.29 is 4.39 Å². The van der Waals surface area contributed by atoms with Crippen molar-refractivity contribution in [1.29, 1.82) is 0 Å². The fraction of sp³-hybridized carbons (Fsp3) is 0.350. The highest BCUT2D eigenvalue weighted by Crippen LogP contribution is 2.16. The van der Waals surface area contributed by atoms with E-state index in [0.29, 0.717) is 6.54 Å². The molecule has 1 N–H and O–H groups in total. The van der Waals surface area contributed by atoms with E-state index < -0.39 is 0 Å². The van der Waals surface area contributed by atoms with Crippen LogP contribution < -0.4 is 5.32 Å². The molecule has 134 valence electrons. The number of guanidine groups is 1. The molecular formula is C20H27FN4. The summed E-state index contributed by atoms with van der Waals surface area (Å²) >= 11 is 0. The highest BCUT2D eigenvalue weighted by Gasteiger charge is 2.15. The molecule has 2 rings (SSSR count). The maximum atomic E-state index is 13.4. The topological polar surface area (TPSA) is 30.9 Å². The van der Waals surface area contributed by atoms with Gasteiger partial charge >= 0.3 is 0 Å². The first kappa shape index (κ1) is 18.9. The van der Waals surface area contributed by atoms with E-state index in [1.165, 1.54) is 11.6 Å². The van der Waals surface area contributed by atoms with E-state index in [9.17, 15) is 4.39 Å². The zero-order valence-corrected chi connectivity index (χ0v) is 15.4. The SMILES string of the molecule is CN=C(NCC(c1ccccc1)N(C)C)N(C)Cc1cccc(F)c1. The molecule has 2 aromatic carbocycles. The Kier molecular flexibility index (Phi) is 6.95. The Bertz CT molecular complexity index is 685. The van der Waals surface area contributed by atoms with Crippen LogP contribution >= 0.6 is 0 Å². The van der Waals surface area contributed by atoms with Gasteiger partial charge in [-0.05, 0) is 37.4 Å². The number of rotatable bonds is 6. The molecule has 0 spiro atoms. The lowest BCUT2D eigenvalue weighted by Crippen LogP contribution is -2.42. The molecule has 0 saturated heterocycles. The van der Waals surface area contributed by atoms with Crippen LogP contribution in [0.5, 0.6) is 0 Å². The first-order valence-corrected chi connectivity index (χ1v) is 8.39. The van der Waals surface area contributed by atoms with Crippen molar-refractivity contribution in [3.63, 3.8) is 0 Å². The standard InChI is InChI=1S/C20H27FN4/c1-22-20(25(4)15-16-9-8-12-18(21)13-16)23-14-19(24(2)3)17-10-6-5-7-11-17/h5-13,19H,14-15H2,1-4H3,(H,22,23). The fourth-order valence-corrected chi connectivity index (χ4v) is 2.83. The number of nitrogens with one attached hydrogen (secondary N) is 1. The van der Waals surface area contributed by atoms with Gasteiger partial charge in [-0.1, -0.05) is 42.5 Å². The maximum Gasteiger partial charge on any atom is 0.193 e. The molecule has 0 aliphatic carbocycles. The Labute approximate surface area is 150 Å². The third-order valence-electron chi connectivity index (χ3n) is 4.14. The quantitative estimate of drug-likeness (QED) is 0.646. The lowest BCUT2D eigenvalue weighted by atomic mass is 10.1. The molecule has 5 heteroatoms. The van der Waals surface area contributed by atoms with Crippen LogP contribution in [0, 0.1) is 5.82 Å². The van der Waals surface area contributed by atoms with Gasteiger partial charge < -0.3 is 15.1 Å². The minimum absolute atomic E-state index is 0.217. The summed E-state index contributed by atoms with van der Waals surface area (Å²) in [6.07, 6.45) is 0. The minimum atomic E-state index is -0.217. The number of likely N-dealkylation sites (N-methyl/N-ethyl adjacent to an activating group) is 1. The molecule has 0 heterocycles. The minimum Gasteiger partial charge on any atom is -0.354 e. The average Bonchev–Trinajstić information content (AvgIpc) is 2.59. The molecule has 1 atom stereocenters. The second-order valence-corrected chi connectivity index (χ2v) is 6.30. The van der Waals surface area contributed by atoms with Gasteiger partial charge in [0, 0.05) is 27.2 Å². The summed E-state index contributed by atoms with van der Waals surface area (Å²) in [6, 6.07) is 17.3. The van der Waals surface area contributed by atoms with Crippen LogP contribution in [0.15, 0.2) is 59.6 Å². The Balaban J connectivity index is 2.00. The fourth-order valence-electron chi connectivity index (χ4n) is 2.83. The van der Waals surface area contributed by atoms with Gasteiger partial charge in [0.25, 0.3) is 0 Å². The van der Waals surface area contributed by atoms with Crippen LogP contribution in [0.2, 0.25) is 0 Å². The second-order valence-electron chi connectivity index (χ2n) is 6.30. The zero-order chi connectivity index (χ0) is 18.2. The van der Waals surface area contributed by atoms with Crippen molar-refractivity contribution in [2.75, 3.05) is 34.7 Å². The summed E-state index contributed by atoms with van der Waals surface area (Å²) in [7, 11) is 7.85.